The summed E-state index contributed by atoms with van der Waals surface area (Å²) in [6.07, 6.45) is 1.86. The van der Waals surface area contributed by atoms with Gasteiger partial charge in [-0.15, -0.1) is 0 Å². The van der Waals surface area contributed by atoms with Crippen molar-refractivity contribution in [3.63, 3.8) is 0 Å². The van der Waals surface area contributed by atoms with Crippen molar-refractivity contribution in [1.29, 1.82) is 0 Å². The topological polar surface area (TPSA) is 63.2 Å². The third-order valence-corrected chi connectivity index (χ3v) is 3.08. The zero-order valence-corrected chi connectivity index (χ0v) is 8.56. The van der Waals surface area contributed by atoms with E-state index in [0.29, 0.717) is 12.3 Å². The Kier molecular flexibility index (Phi) is 3.44. The Hall–Kier alpha value is -0.420. The first-order chi connectivity index (χ1) is 5.97. The van der Waals surface area contributed by atoms with Gasteiger partial charge < -0.3 is 5.32 Å². The molecule has 4 nitrogen and oxygen atoms in total. The Morgan fingerprint density at radius 3 is 2.46 bits per heavy atom. The Labute approximate surface area is 78.6 Å². The van der Waals surface area contributed by atoms with Gasteiger partial charge >= 0.3 is 0 Å². The summed E-state index contributed by atoms with van der Waals surface area (Å²) in [5.41, 5.74) is 0. The summed E-state index contributed by atoms with van der Waals surface area (Å²) in [5, 5.41) is 3.07. The van der Waals surface area contributed by atoms with Crippen LogP contribution >= 0.6 is 0 Å². The zero-order valence-electron chi connectivity index (χ0n) is 7.75. The molecule has 0 unspecified atom stereocenters. The van der Waals surface area contributed by atoms with Crippen LogP contribution in [0.4, 0.5) is 0 Å². The lowest BCUT2D eigenvalue weighted by molar-refractivity contribution is -0.119. The summed E-state index contributed by atoms with van der Waals surface area (Å²) in [5.74, 6) is 0.496. The number of carbonyl (C=O) groups excluding carboxylic acids is 1. The Bertz CT molecular complexity index is 280. The molecule has 1 fully saturated rings. The van der Waals surface area contributed by atoms with Gasteiger partial charge in [-0.1, -0.05) is 0 Å². The molecule has 76 valence electrons. The number of nitrogens with one attached hydrogen (secondary N) is 1. The highest BCUT2D eigenvalue weighted by atomic mass is 32.2. The van der Waals surface area contributed by atoms with Gasteiger partial charge in [-0.2, -0.15) is 0 Å². The van der Waals surface area contributed by atoms with Crippen molar-refractivity contribution < 1.29 is 13.2 Å². The van der Waals surface area contributed by atoms with E-state index in [9.17, 15) is 13.2 Å². The molecule has 0 spiro atoms. The summed E-state index contributed by atoms with van der Waals surface area (Å²) in [6.45, 7) is 1.79. The summed E-state index contributed by atoms with van der Waals surface area (Å²) >= 11 is 0. The molecular weight excluding hydrogens is 190 g/mol. The van der Waals surface area contributed by atoms with E-state index in [1.165, 1.54) is 0 Å². The van der Waals surface area contributed by atoms with E-state index in [2.05, 4.69) is 5.32 Å². The third kappa shape index (κ3) is 4.38. The van der Waals surface area contributed by atoms with Gasteiger partial charge in [0.1, 0.15) is 15.6 Å². The van der Waals surface area contributed by atoms with Crippen LogP contribution in [0, 0.1) is 5.92 Å². The molecule has 1 N–H and O–H groups in total. The van der Waals surface area contributed by atoms with Crippen molar-refractivity contribution in [1.82, 2.24) is 5.32 Å². The molecule has 1 heterocycles. The molecule has 0 aromatic carbocycles. The molecular formula is C8H15NO3S. The molecule has 1 aliphatic heterocycles. The average molecular weight is 205 g/mol. The summed E-state index contributed by atoms with van der Waals surface area (Å²) in [6, 6.07) is 0. The molecule has 0 radical (unpaired) electrons. The van der Waals surface area contributed by atoms with Crippen LogP contribution in [0.1, 0.15) is 12.8 Å². The van der Waals surface area contributed by atoms with Gasteiger partial charge in [0.25, 0.3) is 0 Å². The number of hydrogen-bond donors (Lipinski definition) is 1. The molecule has 13 heavy (non-hydrogen) atoms. The van der Waals surface area contributed by atoms with Gasteiger partial charge in [-0.3, -0.25) is 4.79 Å². The molecule has 1 aliphatic rings. The van der Waals surface area contributed by atoms with Crippen molar-refractivity contribution >= 4 is 15.6 Å². The zero-order chi connectivity index (χ0) is 9.90. The van der Waals surface area contributed by atoms with Crippen LogP contribution in [0.2, 0.25) is 0 Å². The molecule has 5 heteroatoms. The molecule has 1 saturated heterocycles. The van der Waals surface area contributed by atoms with E-state index in [4.69, 9.17) is 0 Å². The highest BCUT2D eigenvalue weighted by Crippen LogP contribution is 2.10. The van der Waals surface area contributed by atoms with Crippen molar-refractivity contribution in [3.8, 4) is 0 Å². The molecule has 0 aliphatic carbocycles. The monoisotopic (exact) mass is 205 g/mol. The maximum Gasteiger partial charge on any atom is 0.147 e. The smallest absolute Gasteiger partial charge is 0.147 e. The Morgan fingerprint density at radius 2 is 2.08 bits per heavy atom. The first-order valence-electron chi connectivity index (χ1n) is 4.37. The number of sulfone groups is 1. The summed E-state index contributed by atoms with van der Waals surface area (Å²) in [4.78, 5) is 11.2. The third-order valence-electron chi connectivity index (χ3n) is 2.13. The molecule has 0 aromatic rings. The van der Waals surface area contributed by atoms with E-state index in [1.54, 1.807) is 0 Å². The van der Waals surface area contributed by atoms with Crippen LogP contribution in [0.15, 0.2) is 0 Å². The molecule has 0 bridgehead atoms. The molecule has 0 aromatic heterocycles. The van der Waals surface area contributed by atoms with Crippen molar-refractivity contribution in [2.75, 3.05) is 25.1 Å². The maximum atomic E-state index is 11.2. The minimum atomic E-state index is -2.98. The highest BCUT2D eigenvalue weighted by Gasteiger charge is 2.20. The lowest BCUT2D eigenvalue weighted by Crippen LogP contribution is -2.43. The van der Waals surface area contributed by atoms with Gasteiger partial charge in [0.05, 0.1) is 5.75 Å². The minimum absolute atomic E-state index is 0.00795. The van der Waals surface area contributed by atoms with Crippen LogP contribution in [0.5, 0.6) is 0 Å². The first kappa shape index (κ1) is 10.7. The fourth-order valence-corrected chi connectivity index (χ4v) is 1.81. The largest absolute Gasteiger partial charge is 0.316 e. The second kappa shape index (κ2) is 4.19. The molecule has 0 atom stereocenters. The molecule has 0 amide bonds. The fraction of sp³-hybridized carbons (Fsp3) is 0.875. The maximum absolute atomic E-state index is 11.2. The van der Waals surface area contributed by atoms with Gasteiger partial charge in [0.2, 0.25) is 0 Å². The summed E-state index contributed by atoms with van der Waals surface area (Å²) < 4.78 is 21.5. The van der Waals surface area contributed by atoms with Crippen molar-refractivity contribution in [2.24, 2.45) is 5.92 Å². The molecule has 1 rings (SSSR count). The number of Topliss-reactive ketones (excluding diaryl/α,β-unsaturated/α-hetero) is 1. The quantitative estimate of drug-likeness (QED) is 0.663. The van der Waals surface area contributed by atoms with E-state index >= 15 is 0 Å². The fourth-order valence-electron chi connectivity index (χ4n) is 1.22. The van der Waals surface area contributed by atoms with Crippen LogP contribution in [0.3, 0.4) is 0 Å². The van der Waals surface area contributed by atoms with E-state index < -0.39 is 9.84 Å². The van der Waals surface area contributed by atoms with Gasteiger partial charge in [-0.25, -0.2) is 8.42 Å². The number of ketones is 1. The van der Waals surface area contributed by atoms with Crippen molar-refractivity contribution in [3.05, 3.63) is 0 Å². The number of carbonyl (C=O) groups is 1. The number of rotatable bonds is 5. The molecule has 0 saturated carbocycles. The highest BCUT2D eigenvalue weighted by molar-refractivity contribution is 7.90. The van der Waals surface area contributed by atoms with Crippen LogP contribution in [-0.2, 0) is 14.6 Å². The lowest BCUT2D eigenvalue weighted by Gasteiger charge is -2.26. The van der Waals surface area contributed by atoms with Gasteiger partial charge in [0.15, 0.2) is 0 Å². The van der Waals surface area contributed by atoms with Crippen LogP contribution in [-0.4, -0.2) is 39.3 Å². The Morgan fingerprint density at radius 1 is 1.46 bits per heavy atom. The van der Waals surface area contributed by atoms with E-state index in [1.807, 2.05) is 0 Å². The van der Waals surface area contributed by atoms with E-state index in [0.717, 1.165) is 19.3 Å². The van der Waals surface area contributed by atoms with Crippen LogP contribution in [0.25, 0.3) is 0 Å². The van der Waals surface area contributed by atoms with Gasteiger partial charge in [-0.05, 0) is 19.0 Å². The lowest BCUT2D eigenvalue weighted by atomic mass is 9.96. The second-order valence-corrected chi connectivity index (χ2v) is 5.91. The normalized spacial score (nSPS) is 18.2. The minimum Gasteiger partial charge on any atom is -0.316 e. The predicted molar refractivity (Wildman–Crippen MR) is 50.3 cm³/mol. The van der Waals surface area contributed by atoms with Gasteiger partial charge in [0, 0.05) is 19.1 Å². The first-order valence-corrected chi connectivity index (χ1v) is 6.43. The SMILES string of the molecule is CS(=O)(=O)CCC(=O)CC1CNC1. The second-order valence-electron chi connectivity index (χ2n) is 3.65. The van der Waals surface area contributed by atoms with Crippen LogP contribution < -0.4 is 5.32 Å². The average Bonchev–Trinajstić information content (AvgIpc) is 1.91. The Balaban J connectivity index is 2.17. The summed E-state index contributed by atoms with van der Waals surface area (Å²) in [7, 11) is -2.98. The van der Waals surface area contributed by atoms with E-state index in [-0.39, 0.29) is 18.0 Å². The number of hydrogen-bond acceptors (Lipinski definition) is 4. The van der Waals surface area contributed by atoms with Crippen molar-refractivity contribution in [2.45, 2.75) is 12.8 Å². The standard InChI is InChI=1S/C8H15NO3S/c1-13(11,12)3-2-8(10)4-7-5-9-6-7/h7,9H,2-6H2,1H3. The predicted octanol–water partition coefficient (Wildman–Crippen LogP) is -0.400.